The summed E-state index contributed by atoms with van der Waals surface area (Å²) in [6, 6.07) is 14.7. The van der Waals surface area contributed by atoms with Gasteiger partial charge in [-0.2, -0.15) is 0 Å². The highest BCUT2D eigenvalue weighted by molar-refractivity contribution is 7.97. The van der Waals surface area contributed by atoms with E-state index in [2.05, 4.69) is 48.2 Å². The van der Waals surface area contributed by atoms with Crippen LogP contribution in [0.1, 0.15) is 61.3 Å². The van der Waals surface area contributed by atoms with Gasteiger partial charge in [0.05, 0.1) is 0 Å². The summed E-state index contributed by atoms with van der Waals surface area (Å²) in [5, 5.41) is 3.70. The van der Waals surface area contributed by atoms with Gasteiger partial charge in [-0.25, -0.2) is 4.39 Å². The van der Waals surface area contributed by atoms with Crippen molar-refractivity contribution in [1.82, 2.24) is 10.0 Å². The number of aryl methyl sites for hydroxylation is 2. The van der Waals surface area contributed by atoms with Gasteiger partial charge in [-0.05, 0) is 79.5 Å². The Morgan fingerprint density at radius 2 is 2.00 bits per heavy atom. The maximum absolute atomic E-state index is 13.8. The fourth-order valence-electron chi connectivity index (χ4n) is 4.39. The predicted octanol–water partition coefficient (Wildman–Crippen LogP) is 5.66. The van der Waals surface area contributed by atoms with E-state index in [-0.39, 0.29) is 5.82 Å². The Bertz CT molecular complexity index is 764. The number of hydrogen-bond acceptors (Lipinski definition) is 3. The third-order valence-electron chi connectivity index (χ3n) is 5.78. The van der Waals surface area contributed by atoms with Crippen molar-refractivity contribution in [1.29, 1.82) is 0 Å². The molecule has 0 saturated carbocycles. The average Bonchev–Trinajstić information content (AvgIpc) is 2.72. The summed E-state index contributed by atoms with van der Waals surface area (Å²) in [6.07, 6.45) is 6.64. The molecule has 0 fully saturated rings. The summed E-state index contributed by atoms with van der Waals surface area (Å²) >= 11 is 1.83. The summed E-state index contributed by atoms with van der Waals surface area (Å²) in [6.45, 7) is 6.41. The molecule has 2 nitrogen and oxygen atoms in total. The Balaban J connectivity index is 1.72. The van der Waals surface area contributed by atoms with Crippen LogP contribution in [0.25, 0.3) is 0 Å². The van der Waals surface area contributed by atoms with Gasteiger partial charge in [-0.15, -0.1) is 0 Å². The number of nitrogens with one attached hydrogen (secondary N) is 2. The molecule has 2 aromatic carbocycles. The normalized spacial score (nSPS) is 18.6. The lowest BCUT2D eigenvalue weighted by atomic mass is 9.75. The Morgan fingerprint density at radius 3 is 2.79 bits per heavy atom. The maximum atomic E-state index is 13.8. The van der Waals surface area contributed by atoms with E-state index in [9.17, 15) is 4.39 Å². The molecule has 0 saturated heterocycles. The molecule has 2 atom stereocenters. The lowest BCUT2D eigenvalue weighted by molar-refractivity contribution is 0.391. The second kappa shape index (κ2) is 11.7. The van der Waals surface area contributed by atoms with Crippen LogP contribution >= 0.6 is 11.9 Å². The zero-order chi connectivity index (χ0) is 20.5. The molecule has 0 aliphatic heterocycles. The first-order chi connectivity index (χ1) is 14.2. The lowest BCUT2D eigenvalue weighted by Gasteiger charge is -2.35. The van der Waals surface area contributed by atoms with Crippen molar-refractivity contribution in [2.75, 3.05) is 18.8 Å². The van der Waals surface area contributed by atoms with Crippen LogP contribution in [-0.4, -0.2) is 24.9 Å². The number of rotatable bonds is 11. The van der Waals surface area contributed by atoms with Crippen LogP contribution in [0, 0.1) is 5.82 Å². The third kappa shape index (κ3) is 6.56. The Morgan fingerprint density at radius 1 is 1.10 bits per heavy atom. The number of hydrogen-bond donors (Lipinski definition) is 2. The summed E-state index contributed by atoms with van der Waals surface area (Å²) in [7, 11) is 0. The monoisotopic (exact) mass is 414 g/mol. The third-order valence-corrected chi connectivity index (χ3v) is 6.80. The Labute approximate surface area is 180 Å². The quantitative estimate of drug-likeness (QED) is 0.367. The van der Waals surface area contributed by atoms with Crippen LogP contribution in [0.2, 0.25) is 0 Å². The smallest absolute Gasteiger partial charge is 0.123 e. The molecule has 2 aromatic rings. The number of benzene rings is 2. The van der Waals surface area contributed by atoms with Crippen molar-refractivity contribution in [2.24, 2.45) is 0 Å². The zero-order valence-corrected chi connectivity index (χ0v) is 18.7. The number of fused-ring (bicyclic) bond motifs is 1. The first kappa shape index (κ1) is 22.3. The second-order valence-corrected chi connectivity index (χ2v) is 9.01. The minimum absolute atomic E-state index is 0.138. The van der Waals surface area contributed by atoms with E-state index < -0.39 is 0 Å². The van der Waals surface area contributed by atoms with E-state index in [1.165, 1.54) is 34.9 Å². The molecule has 0 bridgehead atoms. The Kier molecular flexibility index (Phi) is 9.03. The van der Waals surface area contributed by atoms with Crippen LogP contribution in [-0.2, 0) is 19.3 Å². The van der Waals surface area contributed by atoms with Gasteiger partial charge in [0.1, 0.15) is 5.82 Å². The molecule has 158 valence electrons. The van der Waals surface area contributed by atoms with Crippen LogP contribution in [0.15, 0.2) is 42.5 Å². The molecule has 29 heavy (non-hydrogen) atoms. The standard InChI is InChI=1S/C25H35FN2S/c1-3-15-29-28-14-6-8-19-10-11-21-12-13-25(27-4-2)24(23(21)17-19)18-20-7-5-9-22(26)16-20/h5,7,9-11,16-17,24-25,27-28H,3-4,6,8,12-15,18H2,1-2H3. The summed E-state index contributed by atoms with van der Waals surface area (Å²) in [5.41, 5.74) is 5.46. The highest BCUT2D eigenvalue weighted by Gasteiger charge is 2.29. The number of likely N-dealkylation sites (N-methyl/N-ethyl adjacent to an activating group) is 1. The first-order valence-electron chi connectivity index (χ1n) is 11.2. The van der Waals surface area contributed by atoms with E-state index in [1.807, 2.05) is 18.0 Å². The van der Waals surface area contributed by atoms with Crippen molar-refractivity contribution in [2.45, 2.75) is 64.3 Å². The van der Waals surface area contributed by atoms with E-state index in [1.54, 1.807) is 6.07 Å². The van der Waals surface area contributed by atoms with Crippen LogP contribution < -0.4 is 10.0 Å². The van der Waals surface area contributed by atoms with Crippen molar-refractivity contribution in [3.8, 4) is 0 Å². The van der Waals surface area contributed by atoms with Crippen LogP contribution in [0.5, 0.6) is 0 Å². The molecule has 0 amide bonds. The van der Waals surface area contributed by atoms with E-state index in [4.69, 9.17) is 0 Å². The predicted molar refractivity (Wildman–Crippen MR) is 124 cm³/mol. The fourth-order valence-corrected chi connectivity index (χ4v) is 5.03. The maximum Gasteiger partial charge on any atom is 0.123 e. The molecule has 4 heteroatoms. The van der Waals surface area contributed by atoms with Gasteiger partial charge in [0.25, 0.3) is 0 Å². The lowest BCUT2D eigenvalue weighted by Crippen LogP contribution is -2.39. The molecule has 0 radical (unpaired) electrons. The highest BCUT2D eigenvalue weighted by Crippen LogP contribution is 2.35. The van der Waals surface area contributed by atoms with E-state index in [0.29, 0.717) is 12.0 Å². The molecule has 0 aromatic heterocycles. The van der Waals surface area contributed by atoms with Gasteiger partial charge in [-0.1, -0.05) is 56.1 Å². The molecule has 1 aliphatic rings. The van der Waals surface area contributed by atoms with Gasteiger partial charge >= 0.3 is 0 Å². The first-order valence-corrected chi connectivity index (χ1v) is 12.1. The van der Waals surface area contributed by atoms with Crippen LogP contribution in [0.3, 0.4) is 0 Å². The molecule has 1 aliphatic carbocycles. The molecular weight excluding hydrogens is 379 g/mol. The van der Waals surface area contributed by atoms with Gasteiger partial charge in [-0.3, -0.25) is 4.72 Å². The summed E-state index contributed by atoms with van der Waals surface area (Å²) < 4.78 is 17.2. The fraction of sp³-hybridized carbons (Fsp3) is 0.520. The van der Waals surface area contributed by atoms with Gasteiger partial charge in [0.2, 0.25) is 0 Å². The SMILES string of the molecule is CCCSNCCCc1ccc2c(c1)C(Cc1cccc(F)c1)C(NCC)CC2. The van der Waals surface area contributed by atoms with Crippen LogP contribution in [0.4, 0.5) is 4.39 Å². The largest absolute Gasteiger partial charge is 0.314 e. The number of halogens is 1. The Hall–Kier alpha value is -1.36. The topological polar surface area (TPSA) is 24.1 Å². The molecule has 2 N–H and O–H groups in total. The van der Waals surface area contributed by atoms with E-state index >= 15 is 0 Å². The van der Waals surface area contributed by atoms with E-state index in [0.717, 1.165) is 50.8 Å². The van der Waals surface area contributed by atoms with Crippen molar-refractivity contribution in [3.05, 3.63) is 70.5 Å². The molecule has 3 rings (SSSR count). The molecule has 0 spiro atoms. The minimum Gasteiger partial charge on any atom is -0.314 e. The van der Waals surface area contributed by atoms with Crippen molar-refractivity contribution >= 4 is 11.9 Å². The zero-order valence-electron chi connectivity index (χ0n) is 17.8. The molecule has 2 unspecified atom stereocenters. The molecular formula is C25H35FN2S. The highest BCUT2D eigenvalue weighted by atomic mass is 32.2. The van der Waals surface area contributed by atoms with Crippen molar-refractivity contribution in [3.63, 3.8) is 0 Å². The second-order valence-electron chi connectivity index (χ2n) is 8.02. The van der Waals surface area contributed by atoms with Gasteiger partial charge in [0.15, 0.2) is 0 Å². The van der Waals surface area contributed by atoms with Gasteiger partial charge in [0, 0.05) is 24.3 Å². The molecule has 0 heterocycles. The summed E-state index contributed by atoms with van der Waals surface area (Å²) in [5.74, 6) is 1.44. The average molecular weight is 415 g/mol. The summed E-state index contributed by atoms with van der Waals surface area (Å²) in [4.78, 5) is 0. The minimum atomic E-state index is -0.138. The van der Waals surface area contributed by atoms with Gasteiger partial charge < -0.3 is 5.32 Å². The van der Waals surface area contributed by atoms with Crippen molar-refractivity contribution < 1.29 is 4.39 Å².